The Morgan fingerprint density at radius 1 is 1.41 bits per heavy atom. The van der Waals surface area contributed by atoms with Gasteiger partial charge in [-0.3, -0.25) is 4.79 Å². The van der Waals surface area contributed by atoms with Gasteiger partial charge < -0.3 is 10.5 Å². The molecule has 2 N–H and O–H groups in total. The van der Waals surface area contributed by atoms with Crippen LogP contribution in [0.25, 0.3) is 0 Å². The standard InChI is InChI=1S/C14H21NO2/c1-4-10(2)9-17-14(16)11(3)12-6-5-7-13(15)8-12/h5-8,10-11H,4,9,15H2,1-3H3. The van der Waals surface area contributed by atoms with E-state index in [-0.39, 0.29) is 11.9 Å². The molecule has 2 unspecified atom stereocenters. The summed E-state index contributed by atoms with van der Waals surface area (Å²) in [6.07, 6.45) is 1.01. The van der Waals surface area contributed by atoms with Crippen molar-refractivity contribution < 1.29 is 9.53 Å². The van der Waals surface area contributed by atoms with Crippen LogP contribution in [-0.2, 0) is 9.53 Å². The SMILES string of the molecule is CCC(C)COC(=O)C(C)c1cccc(N)c1. The Morgan fingerprint density at radius 2 is 2.12 bits per heavy atom. The number of esters is 1. The fraction of sp³-hybridized carbons (Fsp3) is 0.500. The van der Waals surface area contributed by atoms with E-state index in [1.807, 2.05) is 25.1 Å². The lowest BCUT2D eigenvalue weighted by atomic mass is 10.0. The largest absolute Gasteiger partial charge is 0.465 e. The van der Waals surface area contributed by atoms with Crippen molar-refractivity contribution in [3.63, 3.8) is 0 Å². The van der Waals surface area contributed by atoms with Gasteiger partial charge in [0, 0.05) is 5.69 Å². The van der Waals surface area contributed by atoms with E-state index < -0.39 is 0 Å². The molecular formula is C14H21NO2. The molecule has 0 saturated heterocycles. The first-order chi connectivity index (χ1) is 8.04. The molecular weight excluding hydrogens is 214 g/mol. The molecule has 2 atom stereocenters. The lowest BCUT2D eigenvalue weighted by Gasteiger charge is -2.14. The first-order valence-corrected chi connectivity index (χ1v) is 6.06. The quantitative estimate of drug-likeness (QED) is 0.630. The lowest BCUT2D eigenvalue weighted by molar-refractivity contribution is -0.146. The average molecular weight is 235 g/mol. The van der Waals surface area contributed by atoms with E-state index in [1.165, 1.54) is 0 Å². The summed E-state index contributed by atoms with van der Waals surface area (Å²) in [5.41, 5.74) is 7.26. The third kappa shape index (κ3) is 4.10. The first-order valence-electron chi connectivity index (χ1n) is 6.06. The minimum atomic E-state index is -0.262. The van der Waals surface area contributed by atoms with Crippen LogP contribution in [-0.4, -0.2) is 12.6 Å². The number of ether oxygens (including phenoxy) is 1. The molecule has 0 bridgehead atoms. The molecule has 1 aromatic carbocycles. The van der Waals surface area contributed by atoms with Gasteiger partial charge in [0.1, 0.15) is 0 Å². The summed E-state index contributed by atoms with van der Waals surface area (Å²) in [6, 6.07) is 7.37. The molecule has 1 aromatic rings. The molecule has 0 amide bonds. The molecule has 0 aliphatic carbocycles. The summed E-state index contributed by atoms with van der Waals surface area (Å²) < 4.78 is 5.27. The average Bonchev–Trinajstić information content (AvgIpc) is 2.34. The number of hydrogen-bond acceptors (Lipinski definition) is 3. The number of hydrogen-bond donors (Lipinski definition) is 1. The predicted octanol–water partition coefficient (Wildman–Crippen LogP) is 2.96. The van der Waals surface area contributed by atoms with Crippen LogP contribution < -0.4 is 5.73 Å². The van der Waals surface area contributed by atoms with Gasteiger partial charge >= 0.3 is 5.97 Å². The van der Waals surface area contributed by atoms with E-state index in [4.69, 9.17) is 10.5 Å². The zero-order chi connectivity index (χ0) is 12.8. The van der Waals surface area contributed by atoms with Crippen LogP contribution in [0.2, 0.25) is 0 Å². The first kappa shape index (κ1) is 13.6. The molecule has 0 radical (unpaired) electrons. The molecule has 3 nitrogen and oxygen atoms in total. The fourth-order valence-electron chi connectivity index (χ4n) is 1.43. The van der Waals surface area contributed by atoms with E-state index in [0.29, 0.717) is 18.2 Å². The monoisotopic (exact) mass is 235 g/mol. The van der Waals surface area contributed by atoms with Crippen LogP contribution in [0, 0.1) is 5.92 Å². The van der Waals surface area contributed by atoms with E-state index in [2.05, 4.69) is 13.8 Å². The van der Waals surface area contributed by atoms with Crippen molar-refractivity contribution in [2.75, 3.05) is 12.3 Å². The number of rotatable bonds is 5. The highest BCUT2D eigenvalue weighted by molar-refractivity contribution is 5.78. The van der Waals surface area contributed by atoms with Crippen LogP contribution in [0.4, 0.5) is 5.69 Å². The highest BCUT2D eigenvalue weighted by atomic mass is 16.5. The van der Waals surface area contributed by atoms with Gasteiger partial charge in [0.05, 0.1) is 12.5 Å². The smallest absolute Gasteiger partial charge is 0.313 e. The molecule has 17 heavy (non-hydrogen) atoms. The van der Waals surface area contributed by atoms with Crippen LogP contribution in [0.15, 0.2) is 24.3 Å². The van der Waals surface area contributed by atoms with Gasteiger partial charge in [-0.2, -0.15) is 0 Å². The summed E-state index contributed by atoms with van der Waals surface area (Å²) in [6.45, 7) is 6.48. The predicted molar refractivity (Wildman–Crippen MR) is 69.7 cm³/mol. The van der Waals surface area contributed by atoms with Crippen molar-refractivity contribution in [3.8, 4) is 0 Å². The highest BCUT2D eigenvalue weighted by Crippen LogP contribution is 2.19. The third-order valence-electron chi connectivity index (χ3n) is 2.97. The Bertz CT molecular complexity index is 376. The van der Waals surface area contributed by atoms with E-state index >= 15 is 0 Å². The molecule has 3 heteroatoms. The maximum atomic E-state index is 11.8. The van der Waals surface area contributed by atoms with Crippen molar-refractivity contribution in [2.45, 2.75) is 33.1 Å². The van der Waals surface area contributed by atoms with Crippen molar-refractivity contribution in [1.29, 1.82) is 0 Å². The lowest BCUT2D eigenvalue weighted by Crippen LogP contribution is -2.17. The van der Waals surface area contributed by atoms with Gasteiger partial charge in [-0.25, -0.2) is 0 Å². The number of anilines is 1. The van der Waals surface area contributed by atoms with Crippen LogP contribution in [0.5, 0.6) is 0 Å². The second-order valence-corrected chi connectivity index (χ2v) is 4.54. The second kappa shape index (κ2) is 6.28. The van der Waals surface area contributed by atoms with Gasteiger partial charge in [0.2, 0.25) is 0 Å². The van der Waals surface area contributed by atoms with Crippen molar-refractivity contribution in [3.05, 3.63) is 29.8 Å². The summed E-state index contributed by atoms with van der Waals surface area (Å²) in [4.78, 5) is 11.8. The van der Waals surface area contributed by atoms with Gasteiger partial charge in [-0.15, -0.1) is 0 Å². The molecule has 94 valence electrons. The number of carbonyl (C=O) groups is 1. The van der Waals surface area contributed by atoms with E-state index in [1.54, 1.807) is 6.07 Å². The van der Waals surface area contributed by atoms with E-state index in [0.717, 1.165) is 12.0 Å². The van der Waals surface area contributed by atoms with E-state index in [9.17, 15) is 4.79 Å². The summed E-state index contributed by atoms with van der Waals surface area (Å²) in [5, 5.41) is 0. The minimum absolute atomic E-state index is 0.184. The van der Waals surface area contributed by atoms with Gasteiger partial charge in [-0.05, 0) is 30.5 Å². The van der Waals surface area contributed by atoms with Crippen LogP contribution in [0.1, 0.15) is 38.7 Å². The molecule has 1 rings (SSSR count). The summed E-state index contributed by atoms with van der Waals surface area (Å²) in [7, 11) is 0. The number of carbonyl (C=O) groups excluding carboxylic acids is 1. The molecule has 0 heterocycles. The van der Waals surface area contributed by atoms with Gasteiger partial charge in [-0.1, -0.05) is 32.4 Å². The molecule has 0 saturated carbocycles. The van der Waals surface area contributed by atoms with Crippen LogP contribution in [0.3, 0.4) is 0 Å². The normalized spacial score (nSPS) is 14.1. The molecule has 0 aliphatic rings. The summed E-state index contributed by atoms with van der Waals surface area (Å²) >= 11 is 0. The highest BCUT2D eigenvalue weighted by Gasteiger charge is 2.17. The second-order valence-electron chi connectivity index (χ2n) is 4.54. The molecule has 0 spiro atoms. The molecule has 0 aromatic heterocycles. The number of nitrogen functional groups attached to an aromatic ring is 1. The van der Waals surface area contributed by atoms with Gasteiger partial charge in [0.15, 0.2) is 0 Å². The Balaban J connectivity index is 2.57. The number of benzene rings is 1. The molecule has 0 aliphatic heterocycles. The topological polar surface area (TPSA) is 52.3 Å². The third-order valence-corrected chi connectivity index (χ3v) is 2.97. The van der Waals surface area contributed by atoms with Crippen molar-refractivity contribution >= 4 is 11.7 Å². The Morgan fingerprint density at radius 3 is 2.71 bits per heavy atom. The Kier molecular flexibility index (Phi) is 5.01. The minimum Gasteiger partial charge on any atom is -0.465 e. The van der Waals surface area contributed by atoms with Gasteiger partial charge in [0.25, 0.3) is 0 Å². The maximum Gasteiger partial charge on any atom is 0.313 e. The summed E-state index contributed by atoms with van der Waals surface area (Å²) in [5.74, 6) is -0.0366. The van der Waals surface area contributed by atoms with Crippen molar-refractivity contribution in [2.24, 2.45) is 5.92 Å². The Labute approximate surface area is 103 Å². The zero-order valence-corrected chi connectivity index (χ0v) is 10.8. The Hall–Kier alpha value is -1.51. The maximum absolute atomic E-state index is 11.8. The van der Waals surface area contributed by atoms with Crippen LogP contribution >= 0.6 is 0 Å². The number of nitrogens with two attached hydrogens (primary N) is 1. The zero-order valence-electron chi connectivity index (χ0n) is 10.8. The fourth-order valence-corrected chi connectivity index (χ4v) is 1.43. The molecule has 0 fully saturated rings. The van der Waals surface area contributed by atoms with Crippen molar-refractivity contribution in [1.82, 2.24) is 0 Å².